The molecule has 0 saturated heterocycles. The quantitative estimate of drug-likeness (QED) is 0.355. The van der Waals surface area contributed by atoms with Gasteiger partial charge in [-0.05, 0) is 67.1 Å². The summed E-state index contributed by atoms with van der Waals surface area (Å²) in [6.45, 7) is 1.31. The summed E-state index contributed by atoms with van der Waals surface area (Å²) in [7, 11) is 3.24. The molecule has 2 aromatic carbocycles. The minimum atomic E-state index is -0.644. The van der Waals surface area contributed by atoms with Gasteiger partial charge in [-0.3, -0.25) is 0 Å². The number of anilines is 2. The molecule has 6 N–H and O–H groups in total. The van der Waals surface area contributed by atoms with Gasteiger partial charge in [0.1, 0.15) is 18.5 Å². The van der Waals surface area contributed by atoms with E-state index in [-0.39, 0.29) is 6.61 Å². The Morgan fingerprint density at radius 1 is 1.03 bits per heavy atom. The summed E-state index contributed by atoms with van der Waals surface area (Å²) in [6, 6.07) is 7.82. The lowest BCUT2D eigenvalue weighted by molar-refractivity contribution is 0.107. The van der Waals surface area contributed by atoms with Crippen molar-refractivity contribution in [2.75, 3.05) is 45.4 Å². The van der Waals surface area contributed by atoms with Gasteiger partial charge < -0.3 is 36.1 Å². The zero-order valence-corrected chi connectivity index (χ0v) is 17.2. The molecule has 0 heterocycles. The Balaban J connectivity index is 1.43. The summed E-state index contributed by atoms with van der Waals surface area (Å²) in [5.74, 6) is 1.99. The fourth-order valence-corrected chi connectivity index (χ4v) is 3.67. The second-order valence-corrected chi connectivity index (χ2v) is 7.30. The zero-order valence-electron chi connectivity index (χ0n) is 17.2. The number of methoxy groups -OCH3 is 2. The first-order valence-electron chi connectivity index (χ1n) is 9.95. The molecule has 3 rings (SSSR count). The number of benzene rings is 2. The van der Waals surface area contributed by atoms with Gasteiger partial charge in [0.25, 0.3) is 0 Å². The SMILES string of the molecule is COc1ccc(CCNCC(O)COc2cc3c(c(N)c2N)CCC3)cc1OC. The maximum absolute atomic E-state index is 10.2. The molecule has 158 valence electrons. The number of nitrogen functional groups attached to an aromatic ring is 2. The van der Waals surface area contributed by atoms with Gasteiger partial charge in [-0.2, -0.15) is 0 Å². The van der Waals surface area contributed by atoms with Gasteiger partial charge in [-0.25, -0.2) is 0 Å². The number of hydrogen-bond donors (Lipinski definition) is 4. The van der Waals surface area contributed by atoms with Crippen molar-refractivity contribution >= 4 is 11.4 Å². The molecule has 0 saturated carbocycles. The summed E-state index contributed by atoms with van der Waals surface area (Å²) in [4.78, 5) is 0. The zero-order chi connectivity index (χ0) is 20.8. The topological polar surface area (TPSA) is 112 Å². The van der Waals surface area contributed by atoms with E-state index in [1.165, 1.54) is 5.56 Å². The van der Waals surface area contributed by atoms with Crippen molar-refractivity contribution < 1.29 is 19.3 Å². The van der Waals surface area contributed by atoms with Crippen molar-refractivity contribution in [3.8, 4) is 17.2 Å². The summed E-state index contributed by atoms with van der Waals surface area (Å²) in [6.07, 6.45) is 3.22. The van der Waals surface area contributed by atoms with E-state index in [0.717, 1.165) is 43.4 Å². The Hall–Kier alpha value is -2.64. The number of aryl methyl sites for hydroxylation is 1. The Morgan fingerprint density at radius 2 is 1.83 bits per heavy atom. The molecule has 0 spiro atoms. The van der Waals surface area contributed by atoms with Gasteiger partial charge in [0.2, 0.25) is 0 Å². The van der Waals surface area contributed by atoms with Crippen LogP contribution in [-0.2, 0) is 19.3 Å². The van der Waals surface area contributed by atoms with Crippen molar-refractivity contribution in [1.29, 1.82) is 0 Å². The molecule has 0 radical (unpaired) electrons. The summed E-state index contributed by atoms with van der Waals surface area (Å²) < 4.78 is 16.3. The Morgan fingerprint density at radius 3 is 2.59 bits per heavy atom. The van der Waals surface area contributed by atoms with Gasteiger partial charge in [-0.1, -0.05) is 6.07 Å². The lowest BCUT2D eigenvalue weighted by atomic mass is 10.1. The van der Waals surface area contributed by atoms with Crippen LogP contribution in [0.5, 0.6) is 17.2 Å². The summed E-state index contributed by atoms with van der Waals surface area (Å²) >= 11 is 0. The molecule has 2 aromatic rings. The van der Waals surface area contributed by atoms with Crippen LogP contribution in [0.3, 0.4) is 0 Å². The lowest BCUT2D eigenvalue weighted by Gasteiger charge is -2.17. The van der Waals surface area contributed by atoms with Crippen LogP contribution in [0, 0.1) is 0 Å². The van der Waals surface area contributed by atoms with Gasteiger partial charge in [0, 0.05) is 6.54 Å². The molecule has 1 aliphatic carbocycles. The second-order valence-electron chi connectivity index (χ2n) is 7.30. The predicted octanol–water partition coefficient (Wildman–Crippen LogP) is 1.93. The van der Waals surface area contributed by atoms with E-state index in [4.69, 9.17) is 25.7 Å². The van der Waals surface area contributed by atoms with Gasteiger partial charge in [-0.15, -0.1) is 0 Å². The fraction of sp³-hybridized carbons (Fsp3) is 0.455. The molecule has 29 heavy (non-hydrogen) atoms. The van der Waals surface area contributed by atoms with Crippen molar-refractivity contribution in [1.82, 2.24) is 5.32 Å². The van der Waals surface area contributed by atoms with Crippen LogP contribution in [0.2, 0.25) is 0 Å². The second kappa shape index (κ2) is 9.71. The highest BCUT2D eigenvalue weighted by atomic mass is 16.5. The third-order valence-corrected chi connectivity index (χ3v) is 5.30. The van der Waals surface area contributed by atoms with Crippen molar-refractivity contribution in [2.24, 2.45) is 0 Å². The first-order valence-corrected chi connectivity index (χ1v) is 9.95. The van der Waals surface area contributed by atoms with Gasteiger partial charge in [0.05, 0.1) is 25.6 Å². The molecule has 0 aromatic heterocycles. The normalized spacial score (nSPS) is 13.8. The third kappa shape index (κ3) is 5.05. The minimum absolute atomic E-state index is 0.159. The van der Waals surface area contributed by atoms with E-state index in [1.54, 1.807) is 14.2 Å². The molecular weight excluding hydrogens is 370 g/mol. The number of rotatable bonds is 10. The average Bonchev–Trinajstić information content (AvgIpc) is 3.21. The van der Waals surface area contributed by atoms with Crippen LogP contribution >= 0.6 is 0 Å². The largest absolute Gasteiger partial charge is 0.493 e. The number of aliphatic hydroxyl groups is 1. The molecule has 0 amide bonds. The van der Waals surface area contributed by atoms with Crippen molar-refractivity contribution in [3.05, 3.63) is 41.0 Å². The maximum Gasteiger partial charge on any atom is 0.160 e. The molecule has 1 aliphatic rings. The first-order chi connectivity index (χ1) is 14.0. The van der Waals surface area contributed by atoms with E-state index in [0.29, 0.717) is 35.2 Å². The molecule has 0 fully saturated rings. The Labute approximate surface area is 171 Å². The summed E-state index contributed by atoms with van der Waals surface area (Å²) in [5, 5.41) is 13.5. The van der Waals surface area contributed by atoms with Crippen LogP contribution in [0.1, 0.15) is 23.1 Å². The number of hydrogen-bond acceptors (Lipinski definition) is 7. The molecule has 0 bridgehead atoms. The number of nitrogens with one attached hydrogen (secondary N) is 1. The van der Waals surface area contributed by atoms with Crippen LogP contribution in [-0.4, -0.2) is 45.1 Å². The lowest BCUT2D eigenvalue weighted by Crippen LogP contribution is -2.32. The minimum Gasteiger partial charge on any atom is -0.493 e. The highest BCUT2D eigenvalue weighted by Gasteiger charge is 2.19. The maximum atomic E-state index is 10.2. The third-order valence-electron chi connectivity index (χ3n) is 5.30. The van der Waals surface area contributed by atoms with Gasteiger partial charge >= 0.3 is 0 Å². The highest BCUT2D eigenvalue weighted by molar-refractivity contribution is 5.76. The van der Waals surface area contributed by atoms with E-state index in [1.807, 2.05) is 24.3 Å². The van der Waals surface area contributed by atoms with Crippen LogP contribution in [0.15, 0.2) is 24.3 Å². The Bertz CT molecular complexity index is 841. The van der Waals surface area contributed by atoms with Crippen LogP contribution < -0.4 is 31.0 Å². The highest BCUT2D eigenvalue weighted by Crippen LogP contribution is 2.38. The van der Waals surface area contributed by atoms with Gasteiger partial charge in [0.15, 0.2) is 11.5 Å². The fourth-order valence-electron chi connectivity index (χ4n) is 3.67. The van der Waals surface area contributed by atoms with Crippen molar-refractivity contribution in [2.45, 2.75) is 31.8 Å². The number of ether oxygens (including phenoxy) is 3. The van der Waals surface area contributed by atoms with E-state index < -0.39 is 6.10 Å². The molecule has 1 unspecified atom stereocenters. The smallest absolute Gasteiger partial charge is 0.160 e. The summed E-state index contributed by atoms with van der Waals surface area (Å²) in [5.41, 5.74) is 16.8. The molecule has 0 aliphatic heterocycles. The number of aliphatic hydroxyl groups excluding tert-OH is 1. The predicted molar refractivity (Wildman–Crippen MR) is 115 cm³/mol. The van der Waals surface area contributed by atoms with E-state index >= 15 is 0 Å². The van der Waals surface area contributed by atoms with E-state index in [9.17, 15) is 5.11 Å². The molecule has 7 heteroatoms. The van der Waals surface area contributed by atoms with Crippen molar-refractivity contribution in [3.63, 3.8) is 0 Å². The van der Waals surface area contributed by atoms with Crippen LogP contribution in [0.25, 0.3) is 0 Å². The molecule has 7 nitrogen and oxygen atoms in total. The standard InChI is InChI=1S/C22H31N3O4/c1-27-18-7-6-14(10-19(18)28-2)8-9-25-12-16(26)13-29-20-11-15-4-3-5-17(15)21(23)22(20)24/h6-7,10-11,16,25-26H,3-5,8-9,12-13,23-24H2,1-2H3. The van der Waals surface area contributed by atoms with E-state index in [2.05, 4.69) is 5.32 Å². The first kappa shape index (κ1) is 21.1. The number of fused-ring (bicyclic) bond motifs is 1. The molecular formula is C22H31N3O4. The Kier molecular flexibility index (Phi) is 7.06. The van der Waals surface area contributed by atoms with Crippen LogP contribution in [0.4, 0.5) is 11.4 Å². The molecule has 1 atom stereocenters. The average molecular weight is 402 g/mol. The monoisotopic (exact) mass is 401 g/mol. The number of nitrogens with two attached hydrogens (primary N) is 2.